The number of carbonyl (C=O) groups is 1. The molecule has 0 aromatic heterocycles. The summed E-state index contributed by atoms with van der Waals surface area (Å²) in [7, 11) is 0. The van der Waals surface area contributed by atoms with Crippen LogP contribution in [0.25, 0.3) is 0 Å². The topological polar surface area (TPSA) is 38.8 Å². The van der Waals surface area contributed by atoms with Crippen LogP contribution in [0.2, 0.25) is 5.02 Å². The van der Waals surface area contributed by atoms with Crippen molar-refractivity contribution in [3.05, 3.63) is 28.3 Å². The van der Waals surface area contributed by atoms with Gasteiger partial charge in [0.15, 0.2) is 0 Å². The van der Waals surface area contributed by atoms with Crippen molar-refractivity contribution in [2.75, 3.05) is 32.8 Å². The standard InChI is InChI=1S/C20H28ClNO3/c1-2-3-8-22-9-6-15(7-10-22)14-25-20(23)18-13-17(21)12-16-5-4-11-24-19(16)18/h12-13,15H,2-11,14H2,1H3. The summed E-state index contributed by atoms with van der Waals surface area (Å²) in [5.41, 5.74) is 1.48. The first-order chi connectivity index (χ1) is 12.2. The number of aryl methyl sites for hydroxylation is 1. The molecule has 4 nitrogen and oxygen atoms in total. The van der Waals surface area contributed by atoms with Gasteiger partial charge < -0.3 is 14.4 Å². The maximum atomic E-state index is 12.5. The molecule has 0 atom stereocenters. The Bertz CT molecular complexity index is 597. The van der Waals surface area contributed by atoms with Crippen LogP contribution in [0.15, 0.2) is 12.1 Å². The predicted octanol–water partition coefficient (Wildman–Crippen LogP) is 4.33. The zero-order valence-corrected chi connectivity index (χ0v) is 15.8. The SMILES string of the molecule is CCCCN1CCC(COC(=O)c2cc(Cl)cc3c2OCCC3)CC1. The van der Waals surface area contributed by atoms with Crippen LogP contribution in [0.4, 0.5) is 0 Å². The summed E-state index contributed by atoms with van der Waals surface area (Å²) >= 11 is 6.16. The van der Waals surface area contributed by atoms with Crippen LogP contribution < -0.4 is 4.74 Å². The molecule has 0 saturated carbocycles. The number of carbonyl (C=O) groups excluding carboxylic acids is 1. The fraction of sp³-hybridized carbons (Fsp3) is 0.650. The summed E-state index contributed by atoms with van der Waals surface area (Å²) in [5.74, 6) is 0.807. The van der Waals surface area contributed by atoms with Crippen molar-refractivity contribution < 1.29 is 14.3 Å². The first-order valence-corrected chi connectivity index (χ1v) is 9.90. The number of unbranched alkanes of at least 4 members (excludes halogenated alkanes) is 1. The maximum Gasteiger partial charge on any atom is 0.341 e. The zero-order valence-electron chi connectivity index (χ0n) is 15.1. The molecule has 0 N–H and O–H groups in total. The Labute approximate surface area is 155 Å². The van der Waals surface area contributed by atoms with Crippen LogP contribution in [0.1, 0.15) is 54.9 Å². The van der Waals surface area contributed by atoms with E-state index in [-0.39, 0.29) is 5.97 Å². The number of hydrogen-bond acceptors (Lipinski definition) is 4. The summed E-state index contributed by atoms with van der Waals surface area (Å²) in [6.45, 7) is 6.77. The van der Waals surface area contributed by atoms with Crippen LogP contribution in [0.3, 0.4) is 0 Å². The second-order valence-electron chi connectivity index (χ2n) is 7.13. The van der Waals surface area contributed by atoms with Crippen molar-refractivity contribution in [2.24, 2.45) is 5.92 Å². The van der Waals surface area contributed by atoms with Gasteiger partial charge in [0, 0.05) is 5.02 Å². The van der Waals surface area contributed by atoms with Crippen LogP contribution in [0.5, 0.6) is 5.75 Å². The Hall–Kier alpha value is -1.26. The highest BCUT2D eigenvalue weighted by molar-refractivity contribution is 6.31. The van der Waals surface area contributed by atoms with Gasteiger partial charge in [-0.15, -0.1) is 0 Å². The van der Waals surface area contributed by atoms with Crippen molar-refractivity contribution in [2.45, 2.75) is 45.4 Å². The molecule has 0 amide bonds. The minimum atomic E-state index is -0.311. The van der Waals surface area contributed by atoms with Gasteiger partial charge in [-0.25, -0.2) is 4.79 Å². The summed E-state index contributed by atoms with van der Waals surface area (Å²) in [4.78, 5) is 15.1. The van der Waals surface area contributed by atoms with Crippen molar-refractivity contribution >= 4 is 17.6 Å². The third-order valence-corrected chi connectivity index (χ3v) is 5.39. The third kappa shape index (κ3) is 4.89. The molecule has 1 fully saturated rings. The molecule has 0 aliphatic carbocycles. The number of ether oxygens (including phenoxy) is 2. The summed E-state index contributed by atoms with van der Waals surface area (Å²) in [6.07, 6.45) is 6.55. The molecule has 2 aliphatic heterocycles. The van der Waals surface area contributed by atoms with Gasteiger partial charge in [0.2, 0.25) is 0 Å². The molecule has 0 bridgehead atoms. The Morgan fingerprint density at radius 3 is 2.92 bits per heavy atom. The number of halogens is 1. The van der Waals surface area contributed by atoms with Crippen LogP contribution in [-0.4, -0.2) is 43.7 Å². The molecule has 5 heteroatoms. The molecule has 1 aromatic rings. The molecule has 2 aliphatic rings. The number of rotatable bonds is 6. The van der Waals surface area contributed by atoms with E-state index in [2.05, 4.69) is 11.8 Å². The Morgan fingerprint density at radius 2 is 2.16 bits per heavy atom. The molecule has 0 spiro atoms. The second kappa shape index (κ2) is 8.91. The normalized spacial score (nSPS) is 18.5. The molecule has 0 unspecified atom stereocenters. The van der Waals surface area contributed by atoms with Crippen molar-refractivity contribution in [3.63, 3.8) is 0 Å². The van der Waals surface area contributed by atoms with E-state index in [0.29, 0.717) is 35.5 Å². The highest BCUT2D eigenvalue weighted by Crippen LogP contribution is 2.33. The summed E-state index contributed by atoms with van der Waals surface area (Å²) in [5, 5.41) is 0.570. The quantitative estimate of drug-likeness (QED) is 0.703. The lowest BCUT2D eigenvalue weighted by molar-refractivity contribution is 0.0367. The van der Waals surface area contributed by atoms with E-state index >= 15 is 0 Å². The van der Waals surface area contributed by atoms with Gasteiger partial charge in [-0.1, -0.05) is 24.9 Å². The zero-order chi connectivity index (χ0) is 17.6. The smallest absolute Gasteiger partial charge is 0.341 e. The fourth-order valence-corrected chi connectivity index (χ4v) is 3.87. The lowest BCUT2D eigenvalue weighted by atomic mass is 9.97. The highest BCUT2D eigenvalue weighted by Gasteiger charge is 2.24. The fourth-order valence-electron chi connectivity index (χ4n) is 3.62. The Kier molecular flexibility index (Phi) is 6.60. The summed E-state index contributed by atoms with van der Waals surface area (Å²) in [6, 6.07) is 3.56. The van der Waals surface area contributed by atoms with E-state index in [0.717, 1.165) is 44.3 Å². The van der Waals surface area contributed by atoms with Gasteiger partial charge in [0.25, 0.3) is 0 Å². The van der Waals surface area contributed by atoms with Gasteiger partial charge in [-0.3, -0.25) is 0 Å². The molecular formula is C20H28ClNO3. The Morgan fingerprint density at radius 1 is 1.36 bits per heavy atom. The molecule has 2 heterocycles. The van der Waals surface area contributed by atoms with Gasteiger partial charge in [-0.2, -0.15) is 0 Å². The monoisotopic (exact) mass is 365 g/mol. The minimum absolute atomic E-state index is 0.311. The number of nitrogens with zero attached hydrogens (tertiary/aromatic N) is 1. The first-order valence-electron chi connectivity index (χ1n) is 9.52. The van der Waals surface area contributed by atoms with E-state index in [9.17, 15) is 4.79 Å². The average molecular weight is 366 g/mol. The van der Waals surface area contributed by atoms with Crippen LogP contribution in [-0.2, 0) is 11.2 Å². The molecule has 25 heavy (non-hydrogen) atoms. The van der Waals surface area contributed by atoms with E-state index in [1.165, 1.54) is 19.4 Å². The largest absolute Gasteiger partial charge is 0.492 e. The number of esters is 1. The molecule has 0 radical (unpaired) electrons. The first kappa shape index (κ1) is 18.5. The second-order valence-corrected chi connectivity index (χ2v) is 7.57. The summed E-state index contributed by atoms with van der Waals surface area (Å²) < 4.78 is 11.3. The van der Waals surface area contributed by atoms with E-state index in [1.54, 1.807) is 6.07 Å². The number of piperidine rings is 1. The number of fused-ring (bicyclic) bond motifs is 1. The molecule has 1 saturated heterocycles. The number of benzene rings is 1. The Balaban J connectivity index is 1.53. The highest BCUT2D eigenvalue weighted by atomic mass is 35.5. The predicted molar refractivity (Wildman–Crippen MR) is 99.6 cm³/mol. The van der Waals surface area contributed by atoms with Gasteiger partial charge >= 0.3 is 5.97 Å². The number of hydrogen-bond donors (Lipinski definition) is 0. The van der Waals surface area contributed by atoms with Gasteiger partial charge in [0.1, 0.15) is 11.3 Å². The lowest BCUT2D eigenvalue weighted by Gasteiger charge is -2.31. The molecular weight excluding hydrogens is 338 g/mol. The van der Waals surface area contributed by atoms with Crippen molar-refractivity contribution in [3.8, 4) is 5.75 Å². The van der Waals surface area contributed by atoms with E-state index in [4.69, 9.17) is 21.1 Å². The molecule has 1 aromatic carbocycles. The number of likely N-dealkylation sites (tertiary alicyclic amines) is 1. The maximum absolute atomic E-state index is 12.5. The lowest BCUT2D eigenvalue weighted by Crippen LogP contribution is -2.36. The molecule has 3 rings (SSSR count). The van der Waals surface area contributed by atoms with Crippen LogP contribution in [0, 0.1) is 5.92 Å². The van der Waals surface area contributed by atoms with E-state index in [1.807, 2.05) is 6.07 Å². The van der Waals surface area contributed by atoms with Crippen molar-refractivity contribution in [1.29, 1.82) is 0 Å². The molecule has 138 valence electrons. The van der Waals surface area contributed by atoms with E-state index < -0.39 is 0 Å². The minimum Gasteiger partial charge on any atom is -0.492 e. The average Bonchev–Trinajstić information content (AvgIpc) is 2.64. The van der Waals surface area contributed by atoms with Gasteiger partial charge in [0.05, 0.1) is 13.2 Å². The van der Waals surface area contributed by atoms with Crippen LogP contribution >= 0.6 is 11.6 Å². The third-order valence-electron chi connectivity index (χ3n) is 5.17. The van der Waals surface area contributed by atoms with Gasteiger partial charge in [-0.05, 0) is 75.4 Å². The van der Waals surface area contributed by atoms with Crippen molar-refractivity contribution in [1.82, 2.24) is 4.90 Å².